The minimum absolute atomic E-state index is 0.667. The first-order chi connectivity index (χ1) is 8.85. The third-order valence-corrected chi connectivity index (χ3v) is 4.79. The first-order valence-electron chi connectivity index (χ1n) is 6.78. The molecule has 2 nitrogen and oxygen atoms in total. The third-order valence-electron chi connectivity index (χ3n) is 3.53. The molecule has 0 aliphatic carbocycles. The molecule has 0 saturated carbocycles. The fraction of sp³-hybridized carbons (Fsp3) is 0.600. The Balaban J connectivity index is 1.99. The second-order valence-corrected chi connectivity index (χ2v) is 5.95. The monoisotopic (exact) mass is 265 g/mol. The van der Waals surface area contributed by atoms with Crippen molar-refractivity contribution in [2.45, 2.75) is 25.8 Å². The van der Waals surface area contributed by atoms with Gasteiger partial charge in [-0.05, 0) is 42.7 Å². The number of benzene rings is 1. The van der Waals surface area contributed by atoms with Crippen LogP contribution in [0.5, 0.6) is 5.75 Å². The molecule has 0 amide bonds. The molecule has 1 fully saturated rings. The first kappa shape index (κ1) is 13.8. The van der Waals surface area contributed by atoms with Gasteiger partial charge < -0.3 is 10.1 Å². The zero-order chi connectivity index (χ0) is 12.8. The van der Waals surface area contributed by atoms with Crippen LogP contribution in [0.15, 0.2) is 24.3 Å². The van der Waals surface area contributed by atoms with Gasteiger partial charge in [0.1, 0.15) is 5.75 Å². The third kappa shape index (κ3) is 3.42. The van der Waals surface area contributed by atoms with Crippen molar-refractivity contribution in [2.24, 2.45) is 5.92 Å². The second-order valence-electron chi connectivity index (χ2n) is 4.87. The number of thioether (sulfide) groups is 1. The minimum Gasteiger partial charge on any atom is -0.496 e. The van der Waals surface area contributed by atoms with E-state index in [-0.39, 0.29) is 0 Å². The summed E-state index contributed by atoms with van der Waals surface area (Å²) in [6.45, 7) is 3.36. The predicted octanol–water partition coefficient (Wildman–Crippen LogP) is 2.97. The van der Waals surface area contributed by atoms with E-state index in [4.69, 9.17) is 4.74 Å². The van der Waals surface area contributed by atoms with Crippen molar-refractivity contribution in [1.29, 1.82) is 0 Å². The van der Waals surface area contributed by atoms with Crippen LogP contribution in [0, 0.1) is 5.92 Å². The van der Waals surface area contributed by atoms with Gasteiger partial charge in [-0.2, -0.15) is 11.8 Å². The molecule has 1 aliphatic rings. The predicted molar refractivity (Wildman–Crippen MR) is 79.6 cm³/mol. The molecule has 0 aromatic heterocycles. The highest BCUT2D eigenvalue weighted by Crippen LogP contribution is 2.30. The van der Waals surface area contributed by atoms with Gasteiger partial charge in [0.2, 0.25) is 0 Å². The highest BCUT2D eigenvalue weighted by atomic mass is 32.2. The van der Waals surface area contributed by atoms with E-state index in [0.29, 0.717) is 6.04 Å². The van der Waals surface area contributed by atoms with Gasteiger partial charge in [0.05, 0.1) is 7.11 Å². The van der Waals surface area contributed by atoms with Crippen molar-refractivity contribution in [3.05, 3.63) is 29.8 Å². The van der Waals surface area contributed by atoms with Gasteiger partial charge in [0, 0.05) is 11.8 Å². The topological polar surface area (TPSA) is 21.3 Å². The molecule has 2 unspecified atom stereocenters. The molecule has 1 aromatic carbocycles. The molecule has 1 N–H and O–H groups in total. The van der Waals surface area contributed by atoms with Gasteiger partial charge in [0.15, 0.2) is 0 Å². The number of methoxy groups -OCH3 is 1. The zero-order valence-corrected chi connectivity index (χ0v) is 12.1. The van der Waals surface area contributed by atoms with Gasteiger partial charge in [-0.15, -0.1) is 0 Å². The van der Waals surface area contributed by atoms with Crippen LogP contribution in [-0.2, 0) is 6.42 Å². The molecule has 1 saturated heterocycles. The van der Waals surface area contributed by atoms with Crippen LogP contribution >= 0.6 is 11.8 Å². The number of ether oxygens (including phenoxy) is 1. The van der Waals surface area contributed by atoms with Crippen LogP contribution in [0.25, 0.3) is 0 Å². The van der Waals surface area contributed by atoms with E-state index in [1.165, 1.54) is 23.5 Å². The summed E-state index contributed by atoms with van der Waals surface area (Å²) in [5, 5.41) is 3.68. The van der Waals surface area contributed by atoms with Crippen LogP contribution in [0.3, 0.4) is 0 Å². The average molecular weight is 265 g/mol. The van der Waals surface area contributed by atoms with E-state index >= 15 is 0 Å². The molecule has 2 atom stereocenters. The van der Waals surface area contributed by atoms with Crippen LogP contribution in [0.4, 0.5) is 0 Å². The van der Waals surface area contributed by atoms with E-state index in [2.05, 4.69) is 42.2 Å². The summed E-state index contributed by atoms with van der Waals surface area (Å²) < 4.78 is 5.44. The van der Waals surface area contributed by atoms with Crippen LogP contribution < -0.4 is 10.1 Å². The molecular formula is C15H23NOS. The van der Waals surface area contributed by atoms with Crippen LogP contribution in [-0.4, -0.2) is 31.2 Å². The summed E-state index contributed by atoms with van der Waals surface area (Å²) in [5.74, 6) is 4.28. The van der Waals surface area contributed by atoms with Crippen LogP contribution in [0.2, 0.25) is 0 Å². The molecule has 18 heavy (non-hydrogen) atoms. The Morgan fingerprint density at radius 3 is 2.94 bits per heavy atom. The lowest BCUT2D eigenvalue weighted by molar-refractivity contribution is 0.392. The highest BCUT2D eigenvalue weighted by molar-refractivity contribution is 7.99. The van der Waals surface area contributed by atoms with Crippen molar-refractivity contribution in [3.8, 4) is 5.75 Å². The average Bonchev–Trinajstić information content (AvgIpc) is 2.84. The van der Waals surface area contributed by atoms with Gasteiger partial charge in [-0.3, -0.25) is 0 Å². The summed E-state index contributed by atoms with van der Waals surface area (Å²) in [6, 6.07) is 9.07. The standard InChI is InChI=1S/C15H23NOS/c1-3-8-16-14-11-18-10-13(14)9-12-6-4-5-7-15(12)17-2/h4-7,13-14,16H,3,8-11H2,1-2H3. The van der Waals surface area contributed by atoms with Gasteiger partial charge >= 0.3 is 0 Å². The number of para-hydroxylation sites is 1. The molecule has 100 valence electrons. The van der Waals surface area contributed by atoms with Gasteiger partial charge in [-0.25, -0.2) is 0 Å². The van der Waals surface area contributed by atoms with E-state index in [1.807, 2.05) is 6.07 Å². The van der Waals surface area contributed by atoms with Crippen molar-refractivity contribution in [2.75, 3.05) is 25.2 Å². The summed E-state index contributed by atoms with van der Waals surface area (Å²) in [4.78, 5) is 0. The number of rotatable bonds is 6. The Morgan fingerprint density at radius 1 is 1.33 bits per heavy atom. The molecule has 2 rings (SSSR count). The number of hydrogen-bond donors (Lipinski definition) is 1. The quantitative estimate of drug-likeness (QED) is 0.854. The number of hydrogen-bond acceptors (Lipinski definition) is 3. The van der Waals surface area contributed by atoms with Gasteiger partial charge in [-0.1, -0.05) is 25.1 Å². The lowest BCUT2D eigenvalue weighted by atomic mass is 9.94. The van der Waals surface area contributed by atoms with Crippen molar-refractivity contribution in [3.63, 3.8) is 0 Å². The number of nitrogens with one attached hydrogen (secondary N) is 1. The molecular weight excluding hydrogens is 242 g/mol. The Labute approximate surface area is 114 Å². The second kappa shape index (κ2) is 7.05. The molecule has 3 heteroatoms. The molecule has 0 bridgehead atoms. The van der Waals surface area contributed by atoms with Crippen LogP contribution in [0.1, 0.15) is 18.9 Å². The van der Waals surface area contributed by atoms with E-state index in [0.717, 1.165) is 24.6 Å². The largest absolute Gasteiger partial charge is 0.496 e. The van der Waals surface area contributed by atoms with E-state index < -0.39 is 0 Å². The smallest absolute Gasteiger partial charge is 0.122 e. The van der Waals surface area contributed by atoms with Gasteiger partial charge in [0.25, 0.3) is 0 Å². The maximum atomic E-state index is 5.44. The van der Waals surface area contributed by atoms with Crippen molar-refractivity contribution in [1.82, 2.24) is 5.32 Å². The van der Waals surface area contributed by atoms with E-state index in [1.54, 1.807) is 7.11 Å². The summed E-state index contributed by atoms with van der Waals surface area (Å²) >= 11 is 2.07. The maximum absolute atomic E-state index is 5.44. The SMILES string of the molecule is CCCNC1CSCC1Cc1ccccc1OC. The molecule has 1 aromatic rings. The lowest BCUT2D eigenvalue weighted by Gasteiger charge is -2.21. The van der Waals surface area contributed by atoms with Crippen molar-refractivity contribution < 1.29 is 4.74 Å². The minimum atomic E-state index is 0.667. The fourth-order valence-electron chi connectivity index (χ4n) is 2.51. The molecule has 1 aliphatic heterocycles. The fourth-order valence-corrected chi connectivity index (χ4v) is 3.94. The van der Waals surface area contributed by atoms with E-state index in [9.17, 15) is 0 Å². The summed E-state index contributed by atoms with van der Waals surface area (Å²) in [7, 11) is 1.76. The Hall–Kier alpha value is -0.670. The Bertz CT molecular complexity index is 369. The lowest BCUT2D eigenvalue weighted by Crippen LogP contribution is -2.36. The summed E-state index contributed by atoms with van der Waals surface area (Å²) in [5.41, 5.74) is 1.34. The normalized spacial score (nSPS) is 23.2. The van der Waals surface area contributed by atoms with Crippen molar-refractivity contribution >= 4 is 11.8 Å². The maximum Gasteiger partial charge on any atom is 0.122 e. The molecule has 0 spiro atoms. The summed E-state index contributed by atoms with van der Waals surface area (Å²) in [6.07, 6.45) is 2.33. The first-order valence-corrected chi connectivity index (χ1v) is 7.93. The molecule has 0 radical (unpaired) electrons. The molecule has 1 heterocycles. The Morgan fingerprint density at radius 2 is 2.17 bits per heavy atom. The Kier molecular flexibility index (Phi) is 5.39. The zero-order valence-electron chi connectivity index (χ0n) is 11.3. The highest BCUT2D eigenvalue weighted by Gasteiger charge is 2.27.